The number of fused-ring (bicyclic) bond motifs is 1. The van der Waals surface area contributed by atoms with Crippen molar-refractivity contribution in [1.29, 1.82) is 0 Å². The first-order valence-electron chi connectivity index (χ1n) is 7.97. The minimum atomic E-state index is -0.649. The molecule has 0 spiro atoms. The van der Waals surface area contributed by atoms with Gasteiger partial charge in [0.25, 0.3) is 0 Å². The van der Waals surface area contributed by atoms with Crippen molar-refractivity contribution in [3.8, 4) is 0 Å². The molecule has 2 aromatic heterocycles. The molecule has 0 atom stereocenters. The summed E-state index contributed by atoms with van der Waals surface area (Å²) in [5.74, 6) is -0.802. The van der Waals surface area contributed by atoms with Crippen molar-refractivity contribution < 1.29 is 18.7 Å². The minimum Gasteiger partial charge on any atom is -0.451 e. The normalized spacial score (nSPS) is 10.8. The lowest BCUT2D eigenvalue weighted by atomic mass is 10.1. The van der Waals surface area contributed by atoms with Crippen molar-refractivity contribution in [3.63, 3.8) is 0 Å². The standard InChI is InChI=1S/C20H19NO4/c1-4-9-21-13(2)10-16(14(21)3)17(22)12-24-20(23)19-11-15-7-5-6-8-18(15)25-19/h4-8,10-11H,1,9,12H2,2-3H3. The van der Waals surface area contributed by atoms with Crippen molar-refractivity contribution in [1.82, 2.24) is 4.57 Å². The van der Waals surface area contributed by atoms with Gasteiger partial charge in [-0.1, -0.05) is 24.3 Å². The van der Waals surface area contributed by atoms with Crippen LogP contribution in [0.1, 0.15) is 32.3 Å². The monoisotopic (exact) mass is 337 g/mol. The summed E-state index contributed by atoms with van der Waals surface area (Å²) < 4.78 is 12.6. The number of aryl methyl sites for hydroxylation is 1. The van der Waals surface area contributed by atoms with Crippen LogP contribution in [0.2, 0.25) is 0 Å². The van der Waals surface area contributed by atoms with Crippen molar-refractivity contribution >= 4 is 22.7 Å². The molecule has 0 amide bonds. The molecule has 0 N–H and O–H groups in total. The number of para-hydroxylation sites is 1. The fourth-order valence-electron chi connectivity index (χ4n) is 2.86. The lowest BCUT2D eigenvalue weighted by molar-refractivity contribution is 0.0446. The van der Waals surface area contributed by atoms with E-state index in [1.165, 1.54) is 0 Å². The van der Waals surface area contributed by atoms with Crippen LogP contribution in [-0.4, -0.2) is 22.9 Å². The average Bonchev–Trinajstić information content (AvgIpc) is 3.16. The highest BCUT2D eigenvalue weighted by Crippen LogP contribution is 2.20. The zero-order valence-corrected chi connectivity index (χ0v) is 14.2. The molecular formula is C20H19NO4. The molecule has 0 saturated heterocycles. The van der Waals surface area contributed by atoms with Gasteiger partial charge in [0, 0.05) is 28.9 Å². The molecule has 1 aromatic carbocycles. The topological polar surface area (TPSA) is 61.4 Å². The van der Waals surface area contributed by atoms with Gasteiger partial charge in [0.1, 0.15) is 5.58 Å². The van der Waals surface area contributed by atoms with Crippen LogP contribution in [-0.2, 0) is 11.3 Å². The van der Waals surface area contributed by atoms with Gasteiger partial charge < -0.3 is 13.7 Å². The van der Waals surface area contributed by atoms with Gasteiger partial charge in [0.2, 0.25) is 11.5 Å². The van der Waals surface area contributed by atoms with E-state index in [9.17, 15) is 9.59 Å². The van der Waals surface area contributed by atoms with Gasteiger partial charge >= 0.3 is 5.97 Å². The van der Waals surface area contributed by atoms with Gasteiger partial charge in [0.15, 0.2) is 6.61 Å². The Balaban J connectivity index is 1.70. The van der Waals surface area contributed by atoms with Gasteiger partial charge in [-0.2, -0.15) is 0 Å². The number of carbonyl (C=O) groups is 2. The van der Waals surface area contributed by atoms with Crippen LogP contribution in [0.15, 0.2) is 53.5 Å². The van der Waals surface area contributed by atoms with Gasteiger partial charge in [0.05, 0.1) is 0 Å². The van der Waals surface area contributed by atoms with Gasteiger partial charge in [-0.3, -0.25) is 4.79 Å². The third-order valence-corrected chi connectivity index (χ3v) is 4.15. The molecule has 2 heterocycles. The zero-order valence-electron chi connectivity index (χ0n) is 14.2. The van der Waals surface area contributed by atoms with Crippen molar-refractivity contribution in [2.45, 2.75) is 20.4 Å². The number of carbonyl (C=O) groups excluding carboxylic acids is 2. The van der Waals surface area contributed by atoms with Crippen LogP contribution in [0.3, 0.4) is 0 Å². The molecule has 3 rings (SSSR count). The molecule has 0 aliphatic heterocycles. The molecule has 25 heavy (non-hydrogen) atoms. The number of ketones is 1. The molecule has 0 bridgehead atoms. The molecule has 5 nitrogen and oxygen atoms in total. The fraction of sp³-hybridized carbons (Fsp3) is 0.200. The number of esters is 1. The number of hydrogen-bond acceptors (Lipinski definition) is 4. The van der Waals surface area contributed by atoms with Crippen LogP contribution in [0.25, 0.3) is 11.0 Å². The Labute approximate surface area is 145 Å². The maximum Gasteiger partial charge on any atom is 0.374 e. The number of hydrogen-bond donors (Lipinski definition) is 0. The fourth-order valence-corrected chi connectivity index (χ4v) is 2.86. The van der Waals surface area contributed by atoms with Crippen LogP contribution in [0.4, 0.5) is 0 Å². The molecule has 5 heteroatoms. The second-order valence-corrected chi connectivity index (χ2v) is 5.83. The lowest BCUT2D eigenvalue weighted by Gasteiger charge is -2.06. The Bertz CT molecular complexity index is 928. The molecule has 128 valence electrons. The highest BCUT2D eigenvalue weighted by Gasteiger charge is 2.19. The molecule has 0 aliphatic rings. The predicted molar refractivity (Wildman–Crippen MR) is 94.9 cm³/mol. The summed E-state index contributed by atoms with van der Waals surface area (Å²) in [6.07, 6.45) is 1.77. The molecular weight excluding hydrogens is 318 g/mol. The summed E-state index contributed by atoms with van der Waals surface area (Å²) in [5.41, 5.74) is 2.96. The molecule has 3 aromatic rings. The Kier molecular flexibility index (Phi) is 4.57. The maximum atomic E-state index is 12.4. The molecule has 0 saturated carbocycles. The van der Waals surface area contributed by atoms with E-state index in [4.69, 9.17) is 9.15 Å². The smallest absolute Gasteiger partial charge is 0.374 e. The minimum absolute atomic E-state index is 0.0890. The van der Waals surface area contributed by atoms with E-state index in [0.29, 0.717) is 17.7 Å². The number of benzene rings is 1. The summed E-state index contributed by atoms with van der Waals surface area (Å²) >= 11 is 0. The predicted octanol–water partition coefficient (Wildman–Crippen LogP) is 4.08. The maximum absolute atomic E-state index is 12.4. The number of aromatic nitrogens is 1. The first kappa shape index (κ1) is 16.8. The first-order chi connectivity index (χ1) is 12.0. The summed E-state index contributed by atoms with van der Waals surface area (Å²) in [4.78, 5) is 24.5. The molecule has 0 radical (unpaired) electrons. The number of allylic oxidation sites excluding steroid dienone is 1. The van der Waals surface area contributed by atoms with E-state index < -0.39 is 5.97 Å². The Hall–Kier alpha value is -3.08. The SMILES string of the molecule is C=CCn1c(C)cc(C(=O)COC(=O)c2cc3ccccc3o2)c1C. The third-order valence-electron chi connectivity index (χ3n) is 4.15. The summed E-state index contributed by atoms with van der Waals surface area (Å²) in [6.45, 7) is 7.81. The number of Topliss-reactive ketones (excluding diaryl/α,β-unsaturated/α-hetero) is 1. The third kappa shape index (κ3) is 3.26. The lowest BCUT2D eigenvalue weighted by Crippen LogP contribution is -2.14. The summed E-state index contributed by atoms with van der Waals surface area (Å²) in [6, 6.07) is 10.7. The first-order valence-corrected chi connectivity index (χ1v) is 7.97. The van der Waals surface area contributed by atoms with Crippen LogP contribution < -0.4 is 0 Å². The van der Waals surface area contributed by atoms with E-state index in [1.807, 2.05) is 36.6 Å². The highest BCUT2D eigenvalue weighted by molar-refractivity contribution is 6.00. The molecule has 0 unspecified atom stereocenters. The quantitative estimate of drug-likeness (QED) is 0.386. The second kappa shape index (κ2) is 6.81. The summed E-state index contributed by atoms with van der Waals surface area (Å²) in [5, 5.41) is 0.814. The van der Waals surface area contributed by atoms with Gasteiger partial charge in [-0.25, -0.2) is 4.79 Å². The van der Waals surface area contributed by atoms with Crippen LogP contribution >= 0.6 is 0 Å². The van der Waals surface area contributed by atoms with E-state index in [0.717, 1.165) is 16.8 Å². The molecule has 0 aliphatic carbocycles. The van der Waals surface area contributed by atoms with Crippen LogP contribution in [0.5, 0.6) is 0 Å². The largest absolute Gasteiger partial charge is 0.451 e. The van der Waals surface area contributed by atoms with Gasteiger partial charge in [-0.15, -0.1) is 6.58 Å². The van der Waals surface area contributed by atoms with E-state index in [2.05, 4.69) is 6.58 Å². The van der Waals surface area contributed by atoms with Crippen molar-refractivity contribution in [2.24, 2.45) is 0 Å². The van der Waals surface area contributed by atoms with Crippen LogP contribution in [0, 0.1) is 13.8 Å². The zero-order chi connectivity index (χ0) is 18.0. The number of nitrogens with zero attached hydrogens (tertiary/aromatic N) is 1. The van der Waals surface area contributed by atoms with Gasteiger partial charge in [-0.05, 0) is 32.0 Å². The summed E-state index contributed by atoms with van der Waals surface area (Å²) in [7, 11) is 0. The van der Waals surface area contributed by atoms with Crippen molar-refractivity contribution in [3.05, 3.63) is 71.8 Å². The van der Waals surface area contributed by atoms with E-state index in [1.54, 1.807) is 24.3 Å². The number of furan rings is 1. The Morgan fingerprint density at radius 1 is 1.24 bits per heavy atom. The van der Waals surface area contributed by atoms with E-state index >= 15 is 0 Å². The average molecular weight is 337 g/mol. The number of ether oxygens (including phenoxy) is 1. The van der Waals surface area contributed by atoms with Crippen molar-refractivity contribution in [2.75, 3.05) is 6.61 Å². The Morgan fingerprint density at radius 2 is 2.00 bits per heavy atom. The Morgan fingerprint density at radius 3 is 2.72 bits per heavy atom. The van der Waals surface area contributed by atoms with E-state index in [-0.39, 0.29) is 18.2 Å². The second-order valence-electron chi connectivity index (χ2n) is 5.83. The highest BCUT2D eigenvalue weighted by atomic mass is 16.5. The molecule has 0 fully saturated rings. The number of rotatable bonds is 6.